The van der Waals surface area contributed by atoms with E-state index in [1.165, 1.54) is 12.3 Å². The van der Waals surface area contributed by atoms with Crippen LogP contribution in [0, 0.1) is 13.8 Å². The maximum Gasteiger partial charge on any atom is 0.255 e. The zero-order valence-corrected chi connectivity index (χ0v) is 10.2. The number of aromatic amines is 1. The number of aryl methyl sites for hydroxylation is 2. The quantitative estimate of drug-likeness (QED) is 0.804. The minimum Gasteiger partial charge on any atom is -0.319 e. The normalized spacial score (nSPS) is 10.3. The summed E-state index contributed by atoms with van der Waals surface area (Å²) in [5, 5.41) is 9.88. The molecule has 0 aromatic carbocycles. The summed E-state index contributed by atoms with van der Waals surface area (Å²) in [7, 11) is 0. The minimum atomic E-state index is -0.234. The van der Waals surface area contributed by atoms with Crippen LogP contribution >= 0.6 is 11.6 Å². The summed E-state index contributed by atoms with van der Waals surface area (Å²) in [5.41, 5.74) is 2.72. The molecule has 0 saturated heterocycles. The number of hydrogen-bond acceptors (Lipinski definition) is 3. The molecule has 5 nitrogen and oxygen atoms in total. The van der Waals surface area contributed by atoms with E-state index in [2.05, 4.69) is 20.5 Å². The highest BCUT2D eigenvalue weighted by Crippen LogP contribution is 2.17. The minimum absolute atomic E-state index is 0.234. The summed E-state index contributed by atoms with van der Waals surface area (Å²) < 4.78 is 0. The highest BCUT2D eigenvalue weighted by atomic mass is 35.5. The van der Waals surface area contributed by atoms with Gasteiger partial charge in [0.05, 0.1) is 17.1 Å². The SMILES string of the molecule is Cc1n[nH]c(C)c1NC(=O)c1ccnc(Cl)c1. The zero-order valence-electron chi connectivity index (χ0n) is 9.41. The highest BCUT2D eigenvalue weighted by Gasteiger charge is 2.12. The predicted octanol–water partition coefficient (Wildman–Crippen LogP) is 2.33. The summed E-state index contributed by atoms with van der Waals surface area (Å²) in [5.74, 6) is -0.234. The molecule has 88 valence electrons. The van der Waals surface area contributed by atoms with Crippen LogP contribution < -0.4 is 5.32 Å². The molecule has 2 aromatic rings. The molecule has 6 heteroatoms. The van der Waals surface area contributed by atoms with Crippen molar-refractivity contribution in [3.8, 4) is 0 Å². The van der Waals surface area contributed by atoms with Crippen molar-refractivity contribution in [1.29, 1.82) is 0 Å². The lowest BCUT2D eigenvalue weighted by molar-refractivity contribution is 0.102. The standard InChI is InChI=1S/C11H11ClN4O/c1-6-10(7(2)16-15-6)14-11(17)8-3-4-13-9(12)5-8/h3-5H,1-2H3,(H,14,17)(H,15,16). The third-order valence-corrected chi connectivity index (χ3v) is 2.56. The Kier molecular flexibility index (Phi) is 3.10. The zero-order chi connectivity index (χ0) is 12.4. The van der Waals surface area contributed by atoms with E-state index in [9.17, 15) is 4.79 Å². The Bertz CT molecular complexity index is 545. The Morgan fingerprint density at radius 2 is 2.24 bits per heavy atom. The van der Waals surface area contributed by atoms with E-state index in [0.717, 1.165) is 11.4 Å². The Hall–Kier alpha value is -1.88. The molecule has 0 unspecified atom stereocenters. The van der Waals surface area contributed by atoms with Crippen molar-refractivity contribution >= 4 is 23.2 Å². The Morgan fingerprint density at radius 3 is 2.82 bits per heavy atom. The molecular formula is C11H11ClN4O. The van der Waals surface area contributed by atoms with Gasteiger partial charge in [-0.1, -0.05) is 11.6 Å². The van der Waals surface area contributed by atoms with Gasteiger partial charge in [-0.05, 0) is 26.0 Å². The van der Waals surface area contributed by atoms with E-state index in [1.54, 1.807) is 6.07 Å². The molecule has 2 rings (SSSR count). The second-order valence-electron chi connectivity index (χ2n) is 3.63. The molecule has 0 spiro atoms. The van der Waals surface area contributed by atoms with Crippen LogP contribution in [0.3, 0.4) is 0 Å². The molecule has 0 fully saturated rings. The van der Waals surface area contributed by atoms with Gasteiger partial charge in [-0.25, -0.2) is 4.98 Å². The van der Waals surface area contributed by atoms with Crippen LogP contribution in [-0.4, -0.2) is 21.1 Å². The van der Waals surface area contributed by atoms with Crippen LogP contribution in [0.25, 0.3) is 0 Å². The fourth-order valence-electron chi connectivity index (χ4n) is 1.46. The summed E-state index contributed by atoms with van der Waals surface area (Å²) >= 11 is 5.72. The van der Waals surface area contributed by atoms with Crippen molar-refractivity contribution in [2.45, 2.75) is 13.8 Å². The number of H-pyrrole nitrogens is 1. The first-order valence-electron chi connectivity index (χ1n) is 5.02. The molecule has 0 bridgehead atoms. The van der Waals surface area contributed by atoms with Gasteiger partial charge in [-0.2, -0.15) is 5.10 Å². The number of hydrogen-bond donors (Lipinski definition) is 2. The second kappa shape index (κ2) is 4.55. The number of carbonyl (C=O) groups excluding carboxylic acids is 1. The first kappa shape index (κ1) is 11.6. The number of carbonyl (C=O) groups is 1. The van der Waals surface area contributed by atoms with Crippen LogP contribution in [0.15, 0.2) is 18.3 Å². The molecule has 0 aliphatic carbocycles. The van der Waals surface area contributed by atoms with Gasteiger partial charge >= 0.3 is 0 Å². The Balaban J connectivity index is 2.23. The number of amides is 1. The molecule has 2 heterocycles. The molecule has 2 N–H and O–H groups in total. The third-order valence-electron chi connectivity index (χ3n) is 2.36. The Labute approximate surface area is 103 Å². The molecule has 0 radical (unpaired) electrons. The van der Waals surface area contributed by atoms with E-state index in [-0.39, 0.29) is 5.91 Å². The Morgan fingerprint density at radius 1 is 1.47 bits per heavy atom. The van der Waals surface area contributed by atoms with E-state index in [1.807, 2.05) is 13.8 Å². The number of halogens is 1. The first-order chi connectivity index (χ1) is 8.08. The van der Waals surface area contributed by atoms with Gasteiger partial charge in [0.1, 0.15) is 5.15 Å². The largest absolute Gasteiger partial charge is 0.319 e. The number of anilines is 1. The lowest BCUT2D eigenvalue weighted by Gasteiger charge is -2.05. The van der Waals surface area contributed by atoms with Gasteiger partial charge in [-0.3, -0.25) is 9.89 Å². The maximum absolute atomic E-state index is 11.9. The average Bonchev–Trinajstić information content (AvgIpc) is 2.61. The fraction of sp³-hybridized carbons (Fsp3) is 0.182. The smallest absolute Gasteiger partial charge is 0.255 e. The van der Waals surface area contributed by atoms with Gasteiger partial charge in [0.15, 0.2) is 0 Å². The lowest BCUT2D eigenvalue weighted by atomic mass is 10.2. The van der Waals surface area contributed by atoms with Crippen molar-refractivity contribution < 1.29 is 4.79 Å². The molecule has 0 aliphatic rings. The topological polar surface area (TPSA) is 70.7 Å². The van der Waals surface area contributed by atoms with Crippen LogP contribution in [0.5, 0.6) is 0 Å². The fourth-order valence-corrected chi connectivity index (χ4v) is 1.64. The van der Waals surface area contributed by atoms with E-state index in [0.29, 0.717) is 16.4 Å². The monoisotopic (exact) mass is 250 g/mol. The molecular weight excluding hydrogens is 240 g/mol. The molecule has 2 aromatic heterocycles. The predicted molar refractivity (Wildman–Crippen MR) is 65.3 cm³/mol. The summed E-state index contributed by atoms with van der Waals surface area (Å²) in [6, 6.07) is 3.12. The van der Waals surface area contributed by atoms with Crippen molar-refractivity contribution in [2.24, 2.45) is 0 Å². The van der Waals surface area contributed by atoms with Gasteiger partial charge in [0.2, 0.25) is 0 Å². The summed E-state index contributed by atoms with van der Waals surface area (Å²) in [4.78, 5) is 15.8. The molecule has 0 aliphatic heterocycles. The molecule has 0 atom stereocenters. The van der Waals surface area contributed by atoms with E-state index in [4.69, 9.17) is 11.6 Å². The molecule has 1 amide bonds. The number of pyridine rings is 1. The highest BCUT2D eigenvalue weighted by molar-refractivity contribution is 6.29. The van der Waals surface area contributed by atoms with E-state index < -0.39 is 0 Å². The summed E-state index contributed by atoms with van der Waals surface area (Å²) in [6.07, 6.45) is 1.49. The maximum atomic E-state index is 11.9. The first-order valence-corrected chi connectivity index (χ1v) is 5.40. The third kappa shape index (κ3) is 2.45. The van der Waals surface area contributed by atoms with Gasteiger partial charge < -0.3 is 5.32 Å². The number of nitrogens with zero attached hydrogens (tertiary/aromatic N) is 2. The van der Waals surface area contributed by atoms with Gasteiger partial charge in [0, 0.05) is 11.8 Å². The lowest BCUT2D eigenvalue weighted by Crippen LogP contribution is -2.13. The number of aromatic nitrogens is 3. The number of rotatable bonds is 2. The van der Waals surface area contributed by atoms with Crippen LogP contribution in [0.1, 0.15) is 21.7 Å². The molecule has 17 heavy (non-hydrogen) atoms. The second-order valence-corrected chi connectivity index (χ2v) is 4.02. The summed E-state index contributed by atoms with van der Waals surface area (Å²) in [6.45, 7) is 3.66. The van der Waals surface area contributed by atoms with Crippen LogP contribution in [0.2, 0.25) is 5.15 Å². The van der Waals surface area contributed by atoms with Gasteiger partial charge in [0.25, 0.3) is 5.91 Å². The van der Waals surface area contributed by atoms with Crippen LogP contribution in [0.4, 0.5) is 5.69 Å². The van der Waals surface area contributed by atoms with Crippen molar-refractivity contribution in [3.05, 3.63) is 40.4 Å². The van der Waals surface area contributed by atoms with Crippen LogP contribution in [-0.2, 0) is 0 Å². The number of nitrogens with one attached hydrogen (secondary N) is 2. The van der Waals surface area contributed by atoms with Gasteiger partial charge in [-0.15, -0.1) is 0 Å². The average molecular weight is 251 g/mol. The van der Waals surface area contributed by atoms with E-state index >= 15 is 0 Å². The van der Waals surface area contributed by atoms with Crippen molar-refractivity contribution in [1.82, 2.24) is 15.2 Å². The van der Waals surface area contributed by atoms with Crippen molar-refractivity contribution in [3.63, 3.8) is 0 Å². The molecule has 0 saturated carbocycles. The van der Waals surface area contributed by atoms with Crippen molar-refractivity contribution in [2.75, 3.05) is 5.32 Å².